The molecule has 1 aliphatic rings. The molecule has 106 valence electrons. The second-order valence-electron chi connectivity index (χ2n) is 5.36. The van der Waals surface area contributed by atoms with E-state index < -0.39 is 10.0 Å². The molecule has 2 N–H and O–H groups in total. The summed E-state index contributed by atoms with van der Waals surface area (Å²) >= 11 is 0. The number of sulfonamides is 1. The first-order valence-electron chi connectivity index (χ1n) is 6.79. The van der Waals surface area contributed by atoms with E-state index in [9.17, 15) is 8.42 Å². The Morgan fingerprint density at radius 3 is 2.26 bits per heavy atom. The summed E-state index contributed by atoms with van der Waals surface area (Å²) in [7, 11) is -3.37. The van der Waals surface area contributed by atoms with Crippen molar-refractivity contribution in [3.05, 3.63) is 24.3 Å². The first kappa shape index (κ1) is 14.3. The van der Waals surface area contributed by atoms with Crippen molar-refractivity contribution in [1.29, 1.82) is 0 Å². The average molecular weight is 282 g/mol. The zero-order chi connectivity index (χ0) is 14.1. The molecule has 0 spiro atoms. The van der Waals surface area contributed by atoms with Crippen molar-refractivity contribution in [3.63, 3.8) is 0 Å². The zero-order valence-electron chi connectivity index (χ0n) is 11.6. The molecule has 1 heterocycles. The largest absolute Gasteiger partial charge is 0.399 e. The Morgan fingerprint density at radius 1 is 1.21 bits per heavy atom. The van der Waals surface area contributed by atoms with Crippen LogP contribution in [0.25, 0.3) is 0 Å². The van der Waals surface area contributed by atoms with E-state index in [1.807, 2.05) is 0 Å². The normalized spacial score (nSPS) is 19.7. The van der Waals surface area contributed by atoms with Crippen LogP contribution in [0.3, 0.4) is 0 Å². The number of anilines is 1. The summed E-state index contributed by atoms with van der Waals surface area (Å²) in [4.78, 5) is 0.338. The lowest BCUT2D eigenvalue weighted by molar-refractivity contribution is 0.279. The molecule has 0 unspecified atom stereocenters. The minimum Gasteiger partial charge on any atom is -0.399 e. The molecule has 0 aromatic heterocycles. The molecule has 19 heavy (non-hydrogen) atoms. The van der Waals surface area contributed by atoms with Crippen LogP contribution < -0.4 is 5.73 Å². The van der Waals surface area contributed by atoms with Gasteiger partial charge >= 0.3 is 0 Å². The predicted molar refractivity (Wildman–Crippen MR) is 77.2 cm³/mol. The van der Waals surface area contributed by atoms with Gasteiger partial charge in [0.2, 0.25) is 10.0 Å². The third-order valence-corrected chi connectivity index (χ3v) is 6.28. The maximum absolute atomic E-state index is 12.6. The molecule has 0 aliphatic carbocycles. The van der Waals surface area contributed by atoms with Gasteiger partial charge in [0, 0.05) is 18.8 Å². The number of rotatable bonds is 4. The quantitative estimate of drug-likeness (QED) is 0.863. The molecular weight excluding hydrogens is 260 g/mol. The van der Waals surface area contributed by atoms with Gasteiger partial charge in [-0.2, -0.15) is 4.31 Å². The molecule has 5 heteroatoms. The fourth-order valence-electron chi connectivity index (χ4n) is 2.72. The lowest BCUT2D eigenvalue weighted by Crippen LogP contribution is -2.31. The first-order valence-corrected chi connectivity index (χ1v) is 8.23. The fraction of sp³-hybridized carbons (Fsp3) is 0.571. The molecule has 0 saturated carbocycles. The van der Waals surface area contributed by atoms with E-state index in [1.165, 1.54) is 0 Å². The highest BCUT2D eigenvalue weighted by atomic mass is 32.2. The topological polar surface area (TPSA) is 63.4 Å². The molecule has 2 rings (SSSR count). The first-order chi connectivity index (χ1) is 8.93. The van der Waals surface area contributed by atoms with Crippen LogP contribution in [0.1, 0.15) is 33.1 Å². The smallest absolute Gasteiger partial charge is 0.243 e. The van der Waals surface area contributed by atoms with E-state index in [4.69, 9.17) is 5.73 Å². The number of nitrogens with zero attached hydrogens (tertiary/aromatic N) is 1. The summed E-state index contributed by atoms with van der Waals surface area (Å²) in [6.07, 6.45) is 3.00. The maximum Gasteiger partial charge on any atom is 0.243 e. The Morgan fingerprint density at radius 2 is 1.79 bits per heavy atom. The van der Waals surface area contributed by atoms with Crippen LogP contribution in [0.2, 0.25) is 0 Å². The van der Waals surface area contributed by atoms with Crippen LogP contribution in [0, 0.1) is 5.41 Å². The summed E-state index contributed by atoms with van der Waals surface area (Å²) in [5.41, 5.74) is 6.34. The highest BCUT2D eigenvalue weighted by molar-refractivity contribution is 7.89. The van der Waals surface area contributed by atoms with Gasteiger partial charge in [0.1, 0.15) is 0 Å². The van der Waals surface area contributed by atoms with Crippen molar-refractivity contribution in [1.82, 2.24) is 4.31 Å². The van der Waals surface area contributed by atoms with Gasteiger partial charge in [0.05, 0.1) is 4.90 Å². The summed E-state index contributed by atoms with van der Waals surface area (Å²) in [5.74, 6) is 0. The SMILES string of the molecule is CCC1(CC)CCN(S(=O)(=O)c2ccc(N)cc2)C1. The summed E-state index contributed by atoms with van der Waals surface area (Å²) in [6, 6.07) is 6.44. The Balaban J connectivity index is 2.25. The Kier molecular flexibility index (Phi) is 3.87. The lowest BCUT2D eigenvalue weighted by atomic mass is 9.82. The molecule has 0 amide bonds. The standard InChI is InChI=1S/C14H22N2O2S/c1-3-14(4-2)9-10-16(11-14)19(17,18)13-7-5-12(15)6-8-13/h5-8H,3-4,9-11,15H2,1-2H3. The van der Waals surface area contributed by atoms with Crippen LogP contribution in [-0.4, -0.2) is 25.8 Å². The number of hydrogen-bond acceptors (Lipinski definition) is 3. The van der Waals surface area contributed by atoms with Gasteiger partial charge in [-0.15, -0.1) is 0 Å². The van der Waals surface area contributed by atoms with Crippen LogP contribution >= 0.6 is 0 Å². The Hall–Kier alpha value is -1.07. The third-order valence-electron chi connectivity index (χ3n) is 4.42. The van der Waals surface area contributed by atoms with Crippen molar-refractivity contribution < 1.29 is 8.42 Å². The van der Waals surface area contributed by atoms with Crippen molar-refractivity contribution in [2.24, 2.45) is 5.41 Å². The van der Waals surface area contributed by atoms with E-state index in [0.717, 1.165) is 19.3 Å². The summed E-state index contributed by atoms with van der Waals surface area (Å²) in [5, 5.41) is 0. The second kappa shape index (κ2) is 5.13. The molecule has 1 fully saturated rings. The number of hydrogen-bond donors (Lipinski definition) is 1. The van der Waals surface area contributed by atoms with E-state index in [1.54, 1.807) is 28.6 Å². The number of nitrogen functional groups attached to an aromatic ring is 1. The molecular formula is C14H22N2O2S. The van der Waals surface area contributed by atoms with Crippen LogP contribution in [0.15, 0.2) is 29.2 Å². The lowest BCUT2D eigenvalue weighted by Gasteiger charge is -2.26. The van der Waals surface area contributed by atoms with Gasteiger partial charge < -0.3 is 5.73 Å². The number of benzene rings is 1. The predicted octanol–water partition coefficient (Wildman–Crippen LogP) is 2.47. The third kappa shape index (κ3) is 2.62. The van der Waals surface area contributed by atoms with E-state index in [0.29, 0.717) is 23.7 Å². The van der Waals surface area contributed by atoms with Crippen molar-refractivity contribution in [2.45, 2.75) is 38.0 Å². The molecule has 4 nitrogen and oxygen atoms in total. The minimum atomic E-state index is -3.37. The van der Waals surface area contributed by atoms with Gasteiger partial charge in [0.25, 0.3) is 0 Å². The monoisotopic (exact) mass is 282 g/mol. The highest BCUT2D eigenvalue weighted by Crippen LogP contribution is 2.39. The molecule has 1 aromatic rings. The highest BCUT2D eigenvalue weighted by Gasteiger charge is 2.40. The Bertz CT molecular complexity index is 533. The molecule has 1 aliphatic heterocycles. The van der Waals surface area contributed by atoms with Crippen molar-refractivity contribution in [3.8, 4) is 0 Å². The van der Waals surface area contributed by atoms with Gasteiger partial charge in [-0.05, 0) is 48.9 Å². The molecule has 1 saturated heterocycles. The van der Waals surface area contributed by atoms with Gasteiger partial charge in [-0.3, -0.25) is 0 Å². The van der Waals surface area contributed by atoms with Gasteiger partial charge in [-0.25, -0.2) is 8.42 Å². The van der Waals surface area contributed by atoms with Crippen LogP contribution in [0.4, 0.5) is 5.69 Å². The maximum atomic E-state index is 12.6. The minimum absolute atomic E-state index is 0.154. The van der Waals surface area contributed by atoms with E-state index >= 15 is 0 Å². The van der Waals surface area contributed by atoms with Crippen LogP contribution in [-0.2, 0) is 10.0 Å². The van der Waals surface area contributed by atoms with E-state index in [2.05, 4.69) is 13.8 Å². The fourth-order valence-corrected chi connectivity index (χ4v) is 4.27. The van der Waals surface area contributed by atoms with Crippen LogP contribution in [0.5, 0.6) is 0 Å². The van der Waals surface area contributed by atoms with Gasteiger partial charge in [-0.1, -0.05) is 13.8 Å². The summed E-state index contributed by atoms with van der Waals surface area (Å²) in [6.45, 7) is 5.53. The average Bonchev–Trinajstić information content (AvgIpc) is 2.85. The molecule has 0 radical (unpaired) electrons. The van der Waals surface area contributed by atoms with Gasteiger partial charge in [0.15, 0.2) is 0 Å². The van der Waals surface area contributed by atoms with Crippen molar-refractivity contribution in [2.75, 3.05) is 18.8 Å². The zero-order valence-corrected chi connectivity index (χ0v) is 12.4. The molecule has 1 aromatic carbocycles. The molecule has 0 bridgehead atoms. The molecule has 0 atom stereocenters. The second-order valence-corrected chi connectivity index (χ2v) is 7.30. The Labute approximate surface area is 115 Å². The summed E-state index contributed by atoms with van der Waals surface area (Å²) < 4.78 is 26.7. The van der Waals surface area contributed by atoms with Crippen molar-refractivity contribution >= 4 is 15.7 Å². The van der Waals surface area contributed by atoms with E-state index in [-0.39, 0.29) is 5.41 Å². The number of nitrogens with two attached hydrogens (primary N) is 1.